The highest BCUT2D eigenvalue weighted by Crippen LogP contribution is 2.32. The Kier molecular flexibility index (Phi) is 3.45. The van der Waals surface area contributed by atoms with Crippen LogP contribution in [-0.4, -0.2) is 42.5 Å². The van der Waals surface area contributed by atoms with Crippen molar-refractivity contribution in [3.63, 3.8) is 0 Å². The monoisotopic (exact) mass is 324 g/mol. The SMILES string of the molecule is O=C(OCC(=O)N1CCNC1=O)c1ccc2c3c(cccc13)CC2. The fourth-order valence-electron chi connectivity index (χ4n) is 3.42. The topological polar surface area (TPSA) is 75.7 Å². The molecule has 0 saturated carbocycles. The number of aryl methyl sites for hydroxylation is 2. The lowest BCUT2D eigenvalue weighted by Gasteiger charge is -2.13. The number of ether oxygens (including phenoxy) is 1. The van der Waals surface area contributed by atoms with Crippen molar-refractivity contribution >= 4 is 28.7 Å². The lowest BCUT2D eigenvalue weighted by atomic mass is 10.00. The van der Waals surface area contributed by atoms with Crippen molar-refractivity contribution in [3.05, 3.63) is 47.0 Å². The minimum Gasteiger partial charge on any atom is -0.452 e. The van der Waals surface area contributed by atoms with Crippen molar-refractivity contribution in [2.45, 2.75) is 12.8 Å². The molecule has 3 amide bonds. The number of carbonyl (C=O) groups excluding carboxylic acids is 3. The van der Waals surface area contributed by atoms with Gasteiger partial charge in [0, 0.05) is 13.1 Å². The molecule has 2 aromatic rings. The zero-order chi connectivity index (χ0) is 16.7. The number of carbonyl (C=O) groups is 3. The van der Waals surface area contributed by atoms with E-state index >= 15 is 0 Å². The molecule has 0 atom stereocenters. The average molecular weight is 324 g/mol. The number of nitrogens with one attached hydrogen (secondary N) is 1. The summed E-state index contributed by atoms with van der Waals surface area (Å²) in [5, 5.41) is 4.52. The van der Waals surface area contributed by atoms with Crippen LogP contribution >= 0.6 is 0 Å². The van der Waals surface area contributed by atoms with Gasteiger partial charge in [0.05, 0.1) is 5.56 Å². The largest absolute Gasteiger partial charge is 0.452 e. The molecule has 2 aromatic carbocycles. The van der Waals surface area contributed by atoms with Gasteiger partial charge in [0.2, 0.25) is 0 Å². The molecule has 0 unspecified atom stereocenters. The third kappa shape index (κ3) is 2.31. The number of hydrogen-bond acceptors (Lipinski definition) is 4. The summed E-state index contributed by atoms with van der Waals surface area (Å²) >= 11 is 0. The summed E-state index contributed by atoms with van der Waals surface area (Å²) < 4.78 is 5.15. The first-order valence-corrected chi connectivity index (χ1v) is 7.94. The van der Waals surface area contributed by atoms with Crippen molar-refractivity contribution in [1.29, 1.82) is 0 Å². The molecule has 1 aliphatic carbocycles. The van der Waals surface area contributed by atoms with Crippen molar-refractivity contribution in [2.75, 3.05) is 19.7 Å². The molecule has 1 aliphatic heterocycles. The van der Waals surface area contributed by atoms with Crippen LogP contribution in [0.25, 0.3) is 10.8 Å². The molecule has 0 radical (unpaired) electrons. The van der Waals surface area contributed by atoms with E-state index < -0.39 is 24.5 Å². The minimum absolute atomic E-state index is 0.302. The first-order valence-electron chi connectivity index (χ1n) is 7.94. The predicted octanol–water partition coefficient (Wildman–Crippen LogP) is 1.65. The van der Waals surface area contributed by atoms with Crippen molar-refractivity contribution in [2.24, 2.45) is 0 Å². The van der Waals surface area contributed by atoms with Crippen LogP contribution in [0.4, 0.5) is 4.79 Å². The Labute approximate surface area is 138 Å². The first-order chi connectivity index (χ1) is 11.6. The number of imide groups is 1. The summed E-state index contributed by atoms with van der Waals surface area (Å²) in [7, 11) is 0. The Morgan fingerprint density at radius 1 is 1.12 bits per heavy atom. The Balaban J connectivity index is 1.54. The van der Waals surface area contributed by atoms with E-state index in [1.165, 1.54) is 11.1 Å². The van der Waals surface area contributed by atoms with E-state index in [4.69, 9.17) is 4.74 Å². The van der Waals surface area contributed by atoms with Gasteiger partial charge in [-0.05, 0) is 40.8 Å². The zero-order valence-electron chi connectivity index (χ0n) is 13.0. The summed E-state index contributed by atoms with van der Waals surface area (Å²) in [6.07, 6.45) is 1.96. The highest BCUT2D eigenvalue weighted by molar-refractivity contribution is 6.07. The van der Waals surface area contributed by atoms with Gasteiger partial charge in [-0.15, -0.1) is 0 Å². The van der Waals surface area contributed by atoms with Crippen LogP contribution in [0.3, 0.4) is 0 Å². The molecule has 0 aromatic heterocycles. The Morgan fingerprint density at radius 2 is 1.92 bits per heavy atom. The van der Waals surface area contributed by atoms with Crippen LogP contribution in [0, 0.1) is 0 Å². The van der Waals surface area contributed by atoms with Gasteiger partial charge in [-0.2, -0.15) is 0 Å². The molecule has 24 heavy (non-hydrogen) atoms. The summed E-state index contributed by atoms with van der Waals surface area (Å²) in [5.74, 6) is -1.05. The van der Waals surface area contributed by atoms with Crippen LogP contribution in [0.15, 0.2) is 30.3 Å². The summed E-state index contributed by atoms with van der Waals surface area (Å²) in [4.78, 5) is 36.9. The standard InChI is InChI=1S/C18H16N2O4/c21-15(20-9-8-19-18(20)23)10-24-17(22)14-7-6-12-5-4-11-2-1-3-13(14)16(11)12/h1-3,6-7H,4-5,8-10H2,(H,19,23). The summed E-state index contributed by atoms with van der Waals surface area (Å²) in [6, 6.07) is 9.17. The molecule has 1 saturated heterocycles. The van der Waals surface area contributed by atoms with Gasteiger partial charge in [0.1, 0.15) is 0 Å². The van der Waals surface area contributed by atoms with Crippen LogP contribution < -0.4 is 5.32 Å². The van der Waals surface area contributed by atoms with E-state index in [1.54, 1.807) is 6.07 Å². The van der Waals surface area contributed by atoms with Crippen LogP contribution in [0.5, 0.6) is 0 Å². The van der Waals surface area contributed by atoms with Gasteiger partial charge in [0.25, 0.3) is 5.91 Å². The van der Waals surface area contributed by atoms with E-state index in [0.717, 1.165) is 28.5 Å². The Hall–Kier alpha value is -2.89. The molecule has 1 heterocycles. The van der Waals surface area contributed by atoms with Gasteiger partial charge in [-0.3, -0.25) is 9.69 Å². The van der Waals surface area contributed by atoms with Gasteiger partial charge in [0.15, 0.2) is 6.61 Å². The van der Waals surface area contributed by atoms with Crippen molar-refractivity contribution in [1.82, 2.24) is 10.2 Å². The first kappa shape index (κ1) is 14.7. The molecule has 122 valence electrons. The number of esters is 1. The predicted molar refractivity (Wildman–Crippen MR) is 86.8 cm³/mol. The Bertz CT molecular complexity index is 864. The third-order valence-electron chi connectivity index (χ3n) is 4.58. The second kappa shape index (κ2) is 5.63. The molecule has 0 spiro atoms. The lowest BCUT2D eigenvalue weighted by Crippen LogP contribution is -2.37. The molecule has 6 heteroatoms. The molecule has 4 rings (SSSR count). The average Bonchev–Trinajstić information content (AvgIpc) is 3.20. The smallest absolute Gasteiger partial charge is 0.339 e. The highest BCUT2D eigenvalue weighted by Gasteiger charge is 2.27. The molecular formula is C18H16N2O4. The molecule has 2 aliphatic rings. The number of benzene rings is 2. The third-order valence-corrected chi connectivity index (χ3v) is 4.58. The van der Waals surface area contributed by atoms with Gasteiger partial charge >= 0.3 is 12.0 Å². The lowest BCUT2D eigenvalue weighted by molar-refractivity contribution is -0.130. The second-order valence-corrected chi connectivity index (χ2v) is 5.97. The van der Waals surface area contributed by atoms with Crippen molar-refractivity contribution in [3.8, 4) is 0 Å². The summed E-state index contributed by atoms with van der Waals surface area (Å²) in [5.41, 5.74) is 2.93. The number of nitrogens with zero attached hydrogens (tertiary/aromatic N) is 1. The fourth-order valence-corrected chi connectivity index (χ4v) is 3.42. The maximum Gasteiger partial charge on any atom is 0.339 e. The van der Waals surface area contributed by atoms with Gasteiger partial charge in [-0.1, -0.05) is 24.3 Å². The van der Waals surface area contributed by atoms with E-state index in [0.29, 0.717) is 18.7 Å². The van der Waals surface area contributed by atoms with E-state index in [1.807, 2.05) is 18.2 Å². The molecule has 0 bridgehead atoms. The van der Waals surface area contributed by atoms with E-state index in [2.05, 4.69) is 11.4 Å². The Morgan fingerprint density at radius 3 is 2.67 bits per heavy atom. The number of rotatable bonds is 3. The highest BCUT2D eigenvalue weighted by atomic mass is 16.5. The molecule has 6 nitrogen and oxygen atoms in total. The summed E-state index contributed by atoms with van der Waals surface area (Å²) in [6.45, 7) is 0.290. The maximum atomic E-state index is 12.4. The minimum atomic E-state index is -0.543. The van der Waals surface area contributed by atoms with Crippen LogP contribution in [0.2, 0.25) is 0 Å². The molecule has 1 fully saturated rings. The molecule has 1 N–H and O–H groups in total. The maximum absolute atomic E-state index is 12.4. The normalized spacial score (nSPS) is 15.7. The quantitative estimate of drug-likeness (QED) is 0.871. The fraction of sp³-hybridized carbons (Fsp3) is 0.278. The number of hydrogen-bond donors (Lipinski definition) is 1. The zero-order valence-corrected chi connectivity index (χ0v) is 13.0. The van der Waals surface area contributed by atoms with Crippen molar-refractivity contribution < 1.29 is 19.1 Å². The number of urea groups is 1. The number of amides is 3. The van der Waals surface area contributed by atoms with E-state index in [9.17, 15) is 14.4 Å². The van der Waals surface area contributed by atoms with Crippen LogP contribution in [0.1, 0.15) is 21.5 Å². The van der Waals surface area contributed by atoms with Gasteiger partial charge in [-0.25, -0.2) is 9.59 Å². The molecular weight excluding hydrogens is 308 g/mol. The van der Waals surface area contributed by atoms with Gasteiger partial charge < -0.3 is 10.1 Å². The second-order valence-electron chi connectivity index (χ2n) is 5.97. The van der Waals surface area contributed by atoms with Crippen LogP contribution in [-0.2, 0) is 22.4 Å². The van der Waals surface area contributed by atoms with E-state index in [-0.39, 0.29) is 0 Å².